The van der Waals surface area contributed by atoms with Crippen LogP contribution in [0, 0.1) is 0 Å². The number of carbonyl (C=O) groups excluding carboxylic acids is 1. The molecule has 1 atom stereocenters. The van der Waals surface area contributed by atoms with E-state index in [1.165, 1.54) is 0 Å². The van der Waals surface area contributed by atoms with Gasteiger partial charge in [0, 0.05) is 0 Å². The molecule has 2 rings (SSSR count). The van der Waals surface area contributed by atoms with Crippen molar-refractivity contribution in [2.45, 2.75) is 12.5 Å². The molecule has 1 unspecified atom stereocenters. The molecule has 0 bridgehead atoms. The number of H-pyrrole nitrogens is 1. The SMILES string of the molecule is NC(C=O)Cc1ccc2[nH]c(=O)oc2c1. The van der Waals surface area contributed by atoms with E-state index in [-0.39, 0.29) is 0 Å². The fourth-order valence-corrected chi connectivity index (χ4v) is 1.44. The second kappa shape index (κ2) is 3.70. The highest BCUT2D eigenvalue weighted by Crippen LogP contribution is 2.13. The van der Waals surface area contributed by atoms with Gasteiger partial charge in [-0.2, -0.15) is 0 Å². The van der Waals surface area contributed by atoms with Crippen molar-refractivity contribution in [3.05, 3.63) is 34.3 Å². The lowest BCUT2D eigenvalue weighted by molar-refractivity contribution is -0.108. The zero-order chi connectivity index (χ0) is 10.8. The van der Waals surface area contributed by atoms with E-state index in [4.69, 9.17) is 10.2 Å². The summed E-state index contributed by atoms with van der Waals surface area (Å²) in [4.78, 5) is 23.8. The van der Waals surface area contributed by atoms with Crippen molar-refractivity contribution >= 4 is 17.4 Å². The molecule has 0 spiro atoms. The second-order valence-electron chi connectivity index (χ2n) is 3.35. The number of rotatable bonds is 3. The highest BCUT2D eigenvalue weighted by atomic mass is 16.4. The van der Waals surface area contributed by atoms with Gasteiger partial charge in [0.2, 0.25) is 0 Å². The number of aromatic amines is 1. The molecular weight excluding hydrogens is 196 g/mol. The van der Waals surface area contributed by atoms with E-state index in [0.29, 0.717) is 23.8 Å². The van der Waals surface area contributed by atoms with Crippen LogP contribution in [0.5, 0.6) is 0 Å². The molecule has 0 saturated carbocycles. The predicted octanol–water partition coefficient (Wildman–Crippen LogP) is 0.190. The fraction of sp³-hybridized carbons (Fsp3) is 0.200. The lowest BCUT2D eigenvalue weighted by atomic mass is 10.1. The maximum absolute atomic E-state index is 10.9. The summed E-state index contributed by atoms with van der Waals surface area (Å²) in [7, 11) is 0. The van der Waals surface area contributed by atoms with E-state index in [9.17, 15) is 9.59 Å². The summed E-state index contributed by atoms with van der Waals surface area (Å²) in [6, 6.07) is 4.72. The molecule has 1 heterocycles. The quantitative estimate of drug-likeness (QED) is 0.701. The molecule has 15 heavy (non-hydrogen) atoms. The highest BCUT2D eigenvalue weighted by Gasteiger charge is 2.05. The summed E-state index contributed by atoms with van der Waals surface area (Å²) >= 11 is 0. The van der Waals surface area contributed by atoms with E-state index in [2.05, 4.69) is 4.98 Å². The summed E-state index contributed by atoms with van der Waals surface area (Å²) in [5.41, 5.74) is 7.48. The van der Waals surface area contributed by atoms with E-state index in [1.54, 1.807) is 18.2 Å². The molecule has 0 fully saturated rings. The maximum Gasteiger partial charge on any atom is 0.417 e. The van der Waals surface area contributed by atoms with Crippen LogP contribution in [0.3, 0.4) is 0 Å². The van der Waals surface area contributed by atoms with Crippen molar-refractivity contribution in [3.63, 3.8) is 0 Å². The van der Waals surface area contributed by atoms with Crippen LogP contribution in [0.4, 0.5) is 0 Å². The van der Waals surface area contributed by atoms with Gasteiger partial charge in [0.25, 0.3) is 0 Å². The van der Waals surface area contributed by atoms with Crippen molar-refractivity contribution in [1.82, 2.24) is 4.98 Å². The zero-order valence-corrected chi connectivity index (χ0v) is 7.90. The molecule has 1 aromatic heterocycles. The van der Waals surface area contributed by atoms with Crippen LogP contribution in [0.25, 0.3) is 11.1 Å². The standard InChI is InChI=1S/C10H10N2O3/c11-7(5-13)3-6-1-2-8-9(4-6)15-10(14)12-8/h1-2,4-5,7H,3,11H2,(H,12,14). The minimum Gasteiger partial charge on any atom is -0.408 e. The summed E-state index contributed by atoms with van der Waals surface area (Å²) in [6.45, 7) is 0. The van der Waals surface area contributed by atoms with E-state index in [1.807, 2.05) is 0 Å². The van der Waals surface area contributed by atoms with Crippen molar-refractivity contribution in [2.75, 3.05) is 0 Å². The number of nitrogens with one attached hydrogen (secondary N) is 1. The van der Waals surface area contributed by atoms with Crippen LogP contribution in [0.1, 0.15) is 5.56 Å². The second-order valence-corrected chi connectivity index (χ2v) is 3.35. The Labute approximate surface area is 84.9 Å². The van der Waals surface area contributed by atoms with Crippen molar-refractivity contribution in [1.29, 1.82) is 0 Å². The molecule has 3 N–H and O–H groups in total. The number of aldehydes is 1. The van der Waals surface area contributed by atoms with Crippen LogP contribution < -0.4 is 11.5 Å². The number of aromatic nitrogens is 1. The van der Waals surface area contributed by atoms with Crippen molar-refractivity contribution < 1.29 is 9.21 Å². The maximum atomic E-state index is 10.9. The first kappa shape index (κ1) is 9.67. The number of nitrogens with two attached hydrogens (primary N) is 1. The summed E-state index contributed by atoms with van der Waals surface area (Å²) in [6.07, 6.45) is 1.13. The smallest absolute Gasteiger partial charge is 0.408 e. The number of hydrogen-bond acceptors (Lipinski definition) is 4. The topological polar surface area (TPSA) is 89.1 Å². The van der Waals surface area contributed by atoms with Crippen LogP contribution in [-0.2, 0) is 11.2 Å². The molecule has 2 aromatic rings. The summed E-state index contributed by atoms with van der Waals surface area (Å²) < 4.78 is 4.88. The lowest BCUT2D eigenvalue weighted by Crippen LogP contribution is -2.23. The normalized spacial score (nSPS) is 12.9. The molecule has 0 aliphatic heterocycles. The van der Waals surface area contributed by atoms with Crippen molar-refractivity contribution in [3.8, 4) is 0 Å². The van der Waals surface area contributed by atoms with Gasteiger partial charge >= 0.3 is 5.76 Å². The molecule has 0 saturated heterocycles. The first-order valence-electron chi connectivity index (χ1n) is 4.51. The Hall–Kier alpha value is -1.88. The number of oxazole rings is 1. The fourth-order valence-electron chi connectivity index (χ4n) is 1.44. The summed E-state index contributed by atoms with van der Waals surface area (Å²) in [5, 5.41) is 0. The Kier molecular flexibility index (Phi) is 2.39. The molecule has 5 heteroatoms. The first-order chi connectivity index (χ1) is 7.19. The van der Waals surface area contributed by atoms with Crippen LogP contribution in [0.2, 0.25) is 0 Å². The lowest BCUT2D eigenvalue weighted by Gasteiger charge is -2.02. The Morgan fingerprint density at radius 3 is 3.07 bits per heavy atom. The number of carbonyl (C=O) groups is 1. The van der Waals surface area contributed by atoms with E-state index in [0.717, 1.165) is 5.56 Å². The van der Waals surface area contributed by atoms with Gasteiger partial charge in [-0.15, -0.1) is 0 Å². The predicted molar refractivity (Wildman–Crippen MR) is 54.6 cm³/mol. The van der Waals surface area contributed by atoms with Gasteiger partial charge in [-0.25, -0.2) is 4.79 Å². The van der Waals surface area contributed by atoms with Gasteiger partial charge in [0.1, 0.15) is 6.29 Å². The van der Waals surface area contributed by atoms with Gasteiger partial charge < -0.3 is 14.9 Å². The third kappa shape index (κ3) is 1.97. The van der Waals surface area contributed by atoms with Gasteiger partial charge in [-0.05, 0) is 24.1 Å². The van der Waals surface area contributed by atoms with Crippen LogP contribution in [-0.4, -0.2) is 17.3 Å². The molecule has 0 radical (unpaired) electrons. The molecule has 0 amide bonds. The highest BCUT2D eigenvalue weighted by molar-refractivity contribution is 5.73. The molecular formula is C10H10N2O3. The Bertz CT molecular complexity index is 541. The van der Waals surface area contributed by atoms with Gasteiger partial charge in [0.05, 0.1) is 11.6 Å². The Morgan fingerprint density at radius 2 is 2.33 bits per heavy atom. The van der Waals surface area contributed by atoms with E-state index >= 15 is 0 Å². The average Bonchev–Trinajstić information content (AvgIpc) is 2.57. The minimum absolute atomic E-state index is 0.439. The summed E-state index contributed by atoms with van der Waals surface area (Å²) in [5.74, 6) is -0.484. The first-order valence-corrected chi connectivity index (χ1v) is 4.51. The largest absolute Gasteiger partial charge is 0.417 e. The number of benzene rings is 1. The molecule has 1 aromatic carbocycles. The molecule has 0 aliphatic rings. The molecule has 5 nitrogen and oxygen atoms in total. The number of fused-ring (bicyclic) bond motifs is 1. The van der Waals surface area contributed by atoms with E-state index < -0.39 is 11.8 Å². The average molecular weight is 206 g/mol. The van der Waals surface area contributed by atoms with Gasteiger partial charge in [-0.1, -0.05) is 6.07 Å². The zero-order valence-electron chi connectivity index (χ0n) is 7.90. The Morgan fingerprint density at radius 1 is 1.53 bits per heavy atom. The van der Waals surface area contributed by atoms with Crippen LogP contribution in [0.15, 0.2) is 27.4 Å². The third-order valence-corrected chi connectivity index (χ3v) is 2.13. The molecule has 78 valence electrons. The van der Waals surface area contributed by atoms with Crippen LogP contribution >= 0.6 is 0 Å². The third-order valence-electron chi connectivity index (χ3n) is 2.13. The number of hydrogen-bond donors (Lipinski definition) is 2. The van der Waals surface area contributed by atoms with Crippen molar-refractivity contribution in [2.24, 2.45) is 5.73 Å². The van der Waals surface area contributed by atoms with Gasteiger partial charge in [0.15, 0.2) is 5.58 Å². The minimum atomic E-state index is -0.520. The van der Waals surface area contributed by atoms with Gasteiger partial charge in [-0.3, -0.25) is 4.98 Å². The Balaban J connectivity index is 2.37. The molecule has 0 aliphatic carbocycles. The monoisotopic (exact) mass is 206 g/mol.